The van der Waals surface area contributed by atoms with Crippen molar-refractivity contribution in [2.24, 2.45) is 0 Å². The van der Waals surface area contributed by atoms with Gasteiger partial charge in [-0.1, -0.05) is 24.3 Å². The highest BCUT2D eigenvalue weighted by atomic mass is 19.4. The normalized spacial score (nSPS) is 18.7. The van der Waals surface area contributed by atoms with Crippen LogP contribution in [0, 0.1) is 0 Å². The SMILES string of the molecule is O=C1Nc2ccc(Cc3ccccc3C(F)(F)F)cc2C12OCCCO2. The van der Waals surface area contributed by atoms with E-state index < -0.39 is 23.4 Å². The molecule has 0 atom stereocenters. The number of rotatable bonds is 2. The predicted octanol–water partition coefficient (Wildman–Crippen LogP) is 3.84. The molecule has 2 aromatic carbocycles. The van der Waals surface area contributed by atoms with E-state index in [0.29, 0.717) is 36.4 Å². The Morgan fingerprint density at radius 1 is 1.08 bits per heavy atom. The number of carbonyl (C=O) groups excluding carboxylic acids is 1. The van der Waals surface area contributed by atoms with Gasteiger partial charge in [0, 0.05) is 5.56 Å². The second-order valence-corrected chi connectivity index (χ2v) is 6.33. The van der Waals surface area contributed by atoms with Gasteiger partial charge in [-0.3, -0.25) is 4.79 Å². The molecule has 0 bridgehead atoms. The van der Waals surface area contributed by atoms with Gasteiger partial charge in [0.2, 0.25) is 0 Å². The summed E-state index contributed by atoms with van der Waals surface area (Å²) in [5.74, 6) is -1.90. The van der Waals surface area contributed by atoms with Crippen molar-refractivity contribution < 1.29 is 27.4 Å². The molecule has 1 fully saturated rings. The van der Waals surface area contributed by atoms with Gasteiger partial charge in [0.1, 0.15) is 0 Å². The molecule has 2 aliphatic rings. The summed E-state index contributed by atoms with van der Waals surface area (Å²) in [6.45, 7) is 0.766. The number of alkyl halides is 3. The van der Waals surface area contributed by atoms with Crippen molar-refractivity contribution in [3.05, 3.63) is 64.7 Å². The molecule has 26 heavy (non-hydrogen) atoms. The number of amides is 1. The van der Waals surface area contributed by atoms with Crippen LogP contribution in [0.2, 0.25) is 0 Å². The molecule has 2 aliphatic heterocycles. The molecule has 4 nitrogen and oxygen atoms in total. The average molecular weight is 363 g/mol. The Balaban J connectivity index is 1.71. The van der Waals surface area contributed by atoms with Crippen LogP contribution in [0.1, 0.15) is 28.7 Å². The maximum absolute atomic E-state index is 13.2. The Morgan fingerprint density at radius 2 is 1.81 bits per heavy atom. The van der Waals surface area contributed by atoms with Gasteiger partial charge in [0.25, 0.3) is 11.7 Å². The fourth-order valence-electron chi connectivity index (χ4n) is 3.40. The Bertz CT molecular complexity index is 857. The number of ether oxygens (including phenoxy) is 2. The van der Waals surface area contributed by atoms with Crippen molar-refractivity contribution in [1.82, 2.24) is 0 Å². The van der Waals surface area contributed by atoms with Gasteiger partial charge in [-0.15, -0.1) is 0 Å². The van der Waals surface area contributed by atoms with Crippen LogP contribution in [0.15, 0.2) is 42.5 Å². The summed E-state index contributed by atoms with van der Waals surface area (Å²) in [6.07, 6.45) is -3.64. The molecule has 0 aromatic heterocycles. The lowest BCUT2D eigenvalue weighted by Gasteiger charge is -2.31. The second-order valence-electron chi connectivity index (χ2n) is 6.33. The Morgan fingerprint density at radius 3 is 2.54 bits per heavy atom. The summed E-state index contributed by atoms with van der Waals surface area (Å²) in [5.41, 5.74) is 1.24. The zero-order valence-electron chi connectivity index (χ0n) is 13.7. The molecular formula is C19H16F3NO3. The first-order chi connectivity index (χ1) is 12.4. The van der Waals surface area contributed by atoms with E-state index in [4.69, 9.17) is 9.47 Å². The monoisotopic (exact) mass is 363 g/mol. The molecule has 1 spiro atoms. The van der Waals surface area contributed by atoms with Crippen LogP contribution in [0.3, 0.4) is 0 Å². The van der Waals surface area contributed by atoms with Gasteiger partial charge in [-0.2, -0.15) is 13.2 Å². The quantitative estimate of drug-likeness (QED) is 0.882. The summed E-state index contributed by atoms with van der Waals surface area (Å²) in [5, 5.41) is 2.72. The summed E-state index contributed by atoms with van der Waals surface area (Å²) in [7, 11) is 0. The highest BCUT2D eigenvalue weighted by molar-refractivity contribution is 6.04. The van der Waals surface area contributed by atoms with E-state index in [2.05, 4.69) is 5.32 Å². The molecule has 0 unspecified atom stereocenters. The number of hydrogen-bond acceptors (Lipinski definition) is 3. The standard InChI is InChI=1S/C19H16F3NO3/c20-19(21,22)14-5-2-1-4-13(14)10-12-6-7-16-15(11-12)18(17(24)23-16)25-8-3-9-26-18/h1-2,4-7,11H,3,8-10H2,(H,23,24). The van der Waals surface area contributed by atoms with Gasteiger partial charge in [-0.05, 0) is 42.2 Å². The molecule has 1 amide bonds. The van der Waals surface area contributed by atoms with Crippen LogP contribution in [-0.2, 0) is 32.7 Å². The largest absolute Gasteiger partial charge is 0.416 e. The minimum Gasteiger partial charge on any atom is -0.338 e. The molecule has 4 rings (SSSR count). The highest BCUT2D eigenvalue weighted by Crippen LogP contribution is 2.42. The minimum atomic E-state index is -4.42. The van der Waals surface area contributed by atoms with Crippen molar-refractivity contribution in [3.8, 4) is 0 Å². The maximum atomic E-state index is 13.2. The minimum absolute atomic E-state index is 0.0905. The third-order valence-corrected chi connectivity index (χ3v) is 4.60. The summed E-state index contributed by atoms with van der Waals surface area (Å²) in [6, 6.07) is 10.5. The van der Waals surface area contributed by atoms with E-state index in [-0.39, 0.29) is 12.0 Å². The van der Waals surface area contributed by atoms with Crippen molar-refractivity contribution in [1.29, 1.82) is 0 Å². The van der Waals surface area contributed by atoms with Crippen molar-refractivity contribution in [2.75, 3.05) is 18.5 Å². The van der Waals surface area contributed by atoms with Gasteiger partial charge >= 0.3 is 6.18 Å². The van der Waals surface area contributed by atoms with E-state index in [9.17, 15) is 18.0 Å². The van der Waals surface area contributed by atoms with Crippen LogP contribution in [0.4, 0.5) is 18.9 Å². The Hall–Kier alpha value is -2.38. The Labute approximate surface area is 147 Å². The fraction of sp³-hybridized carbons (Fsp3) is 0.316. The van der Waals surface area contributed by atoms with Crippen LogP contribution in [-0.4, -0.2) is 19.1 Å². The molecule has 7 heteroatoms. The number of anilines is 1. The number of halogens is 3. The van der Waals surface area contributed by atoms with Crippen LogP contribution >= 0.6 is 0 Å². The summed E-state index contributed by atoms with van der Waals surface area (Å²) >= 11 is 0. The van der Waals surface area contributed by atoms with E-state index in [0.717, 1.165) is 6.07 Å². The van der Waals surface area contributed by atoms with Crippen LogP contribution in [0.25, 0.3) is 0 Å². The van der Waals surface area contributed by atoms with Gasteiger partial charge in [0.15, 0.2) is 0 Å². The fourth-order valence-corrected chi connectivity index (χ4v) is 3.40. The molecule has 1 saturated heterocycles. The molecule has 2 heterocycles. The lowest BCUT2D eigenvalue weighted by Crippen LogP contribution is -2.43. The number of hydrogen-bond donors (Lipinski definition) is 1. The molecular weight excluding hydrogens is 347 g/mol. The van der Waals surface area contributed by atoms with E-state index in [1.165, 1.54) is 12.1 Å². The Kier molecular flexibility index (Phi) is 4.00. The third kappa shape index (κ3) is 2.77. The first-order valence-corrected chi connectivity index (χ1v) is 8.28. The smallest absolute Gasteiger partial charge is 0.338 e. The number of fused-ring (bicyclic) bond motifs is 2. The predicted molar refractivity (Wildman–Crippen MR) is 87.5 cm³/mol. The van der Waals surface area contributed by atoms with Gasteiger partial charge in [-0.25, -0.2) is 0 Å². The lowest BCUT2D eigenvalue weighted by molar-refractivity contribution is -0.255. The van der Waals surface area contributed by atoms with Crippen molar-refractivity contribution >= 4 is 11.6 Å². The van der Waals surface area contributed by atoms with E-state index in [1.54, 1.807) is 24.3 Å². The van der Waals surface area contributed by atoms with Crippen molar-refractivity contribution in [3.63, 3.8) is 0 Å². The van der Waals surface area contributed by atoms with Gasteiger partial charge in [0.05, 0.1) is 24.5 Å². The number of carbonyl (C=O) groups is 1. The third-order valence-electron chi connectivity index (χ3n) is 4.60. The maximum Gasteiger partial charge on any atom is 0.416 e. The first kappa shape index (κ1) is 17.1. The zero-order valence-corrected chi connectivity index (χ0v) is 13.7. The lowest BCUT2D eigenvalue weighted by atomic mass is 9.96. The summed E-state index contributed by atoms with van der Waals surface area (Å²) < 4.78 is 50.9. The topological polar surface area (TPSA) is 47.6 Å². The first-order valence-electron chi connectivity index (χ1n) is 8.28. The van der Waals surface area contributed by atoms with Gasteiger partial charge < -0.3 is 14.8 Å². The number of benzene rings is 2. The summed E-state index contributed by atoms with van der Waals surface area (Å²) in [4.78, 5) is 12.4. The van der Waals surface area contributed by atoms with Crippen LogP contribution < -0.4 is 5.32 Å². The highest BCUT2D eigenvalue weighted by Gasteiger charge is 2.51. The molecule has 2 aromatic rings. The molecule has 0 radical (unpaired) electrons. The average Bonchev–Trinajstić information content (AvgIpc) is 2.87. The molecule has 136 valence electrons. The molecule has 0 aliphatic carbocycles. The van der Waals surface area contributed by atoms with E-state index in [1.807, 2.05) is 0 Å². The van der Waals surface area contributed by atoms with Crippen LogP contribution in [0.5, 0.6) is 0 Å². The molecule has 0 saturated carbocycles. The second kappa shape index (κ2) is 6.10. The van der Waals surface area contributed by atoms with E-state index >= 15 is 0 Å². The van der Waals surface area contributed by atoms with Crippen molar-refractivity contribution in [2.45, 2.75) is 24.8 Å². The zero-order chi connectivity index (χ0) is 18.4. The number of nitrogens with one attached hydrogen (secondary N) is 1. The molecule has 1 N–H and O–H groups in total.